The summed E-state index contributed by atoms with van der Waals surface area (Å²) in [7, 11) is 0. The lowest BCUT2D eigenvalue weighted by Crippen LogP contribution is -2.41. The first-order valence-corrected chi connectivity index (χ1v) is 5.91. The lowest BCUT2D eigenvalue weighted by Gasteiger charge is -2.30. The maximum absolute atomic E-state index is 10.9. The largest absolute Gasteiger partial charge is 0.354 e. The van der Waals surface area contributed by atoms with Crippen LogP contribution < -0.4 is 5.73 Å². The van der Waals surface area contributed by atoms with Crippen LogP contribution in [0.4, 0.5) is 4.79 Å². The number of likely N-dealkylation sites (tertiary alicyclic amines) is 1. The fourth-order valence-corrected chi connectivity index (χ4v) is 2.29. The van der Waals surface area contributed by atoms with Gasteiger partial charge in [-0.25, -0.2) is 4.79 Å². The highest BCUT2D eigenvalue weighted by atomic mass is 16.2. The van der Waals surface area contributed by atoms with Crippen LogP contribution in [0, 0.1) is 5.92 Å². The number of hydrogen-bond donors (Lipinski definition) is 1. The van der Waals surface area contributed by atoms with Crippen molar-refractivity contribution in [3.05, 3.63) is 24.5 Å². The Hall–Kier alpha value is -1.45. The van der Waals surface area contributed by atoms with Gasteiger partial charge in [0.15, 0.2) is 0 Å². The van der Waals surface area contributed by atoms with Crippen LogP contribution in [-0.4, -0.2) is 28.6 Å². The van der Waals surface area contributed by atoms with Gasteiger partial charge >= 0.3 is 6.03 Å². The topological polar surface area (TPSA) is 51.3 Å². The van der Waals surface area contributed by atoms with Crippen LogP contribution >= 0.6 is 0 Å². The number of urea groups is 1. The van der Waals surface area contributed by atoms with Crippen molar-refractivity contribution < 1.29 is 4.79 Å². The molecule has 0 atom stereocenters. The van der Waals surface area contributed by atoms with E-state index < -0.39 is 0 Å². The zero-order valence-corrected chi connectivity index (χ0v) is 9.51. The van der Waals surface area contributed by atoms with Gasteiger partial charge in [-0.3, -0.25) is 0 Å². The second-order valence-electron chi connectivity index (χ2n) is 4.48. The summed E-state index contributed by atoms with van der Waals surface area (Å²) < 4.78 is 2.21. The van der Waals surface area contributed by atoms with Gasteiger partial charge in [-0.1, -0.05) is 0 Å². The summed E-state index contributed by atoms with van der Waals surface area (Å²) >= 11 is 0. The Labute approximate surface area is 96.0 Å². The van der Waals surface area contributed by atoms with Gasteiger partial charge in [-0.2, -0.15) is 0 Å². The Balaban J connectivity index is 1.71. The molecule has 4 heteroatoms. The van der Waals surface area contributed by atoms with Crippen molar-refractivity contribution in [1.82, 2.24) is 9.47 Å². The Morgan fingerprint density at radius 2 is 1.88 bits per heavy atom. The molecule has 16 heavy (non-hydrogen) atoms. The first kappa shape index (κ1) is 11.0. The van der Waals surface area contributed by atoms with Crippen LogP contribution in [0.5, 0.6) is 0 Å². The van der Waals surface area contributed by atoms with Crippen molar-refractivity contribution in [3.63, 3.8) is 0 Å². The molecular weight excluding hydrogens is 202 g/mol. The summed E-state index contributed by atoms with van der Waals surface area (Å²) in [6, 6.07) is 3.83. The number of nitrogens with two attached hydrogens (primary N) is 1. The smallest absolute Gasteiger partial charge is 0.314 e. The van der Waals surface area contributed by atoms with E-state index in [0.717, 1.165) is 38.4 Å². The monoisotopic (exact) mass is 221 g/mol. The third kappa shape index (κ3) is 2.78. The summed E-state index contributed by atoms with van der Waals surface area (Å²) in [6.45, 7) is 2.73. The number of primary amides is 1. The molecule has 0 saturated carbocycles. The summed E-state index contributed by atoms with van der Waals surface area (Å²) in [5.74, 6) is 0.734. The van der Waals surface area contributed by atoms with E-state index >= 15 is 0 Å². The molecule has 0 radical (unpaired) electrons. The molecule has 0 aromatic carbocycles. The first-order chi connectivity index (χ1) is 7.75. The Kier molecular flexibility index (Phi) is 3.49. The van der Waals surface area contributed by atoms with Crippen molar-refractivity contribution in [2.45, 2.75) is 25.8 Å². The molecule has 0 aliphatic carbocycles. The number of carbonyl (C=O) groups excluding carboxylic acids is 1. The maximum Gasteiger partial charge on any atom is 0.314 e. The lowest BCUT2D eigenvalue weighted by molar-refractivity contribution is 0.175. The van der Waals surface area contributed by atoms with E-state index in [1.165, 1.54) is 6.42 Å². The van der Waals surface area contributed by atoms with Crippen LogP contribution in [0.2, 0.25) is 0 Å². The lowest BCUT2D eigenvalue weighted by atomic mass is 9.94. The molecular formula is C12H19N3O. The van der Waals surface area contributed by atoms with Gasteiger partial charge in [-0.05, 0) is 37.3 Å². The van der Waals surface area contributed by atoms with E-state index in [-0.39, 0.29) is 6.03 Å². The third-order valence-electron chi connectivity index (χ3n) is 3.39. The molecule has 2 heterocycles. The number of carbonyl (C=O) groups is 1. The molecule has 2 N–H and O–H groups in total. The summed E-state index contributed by atoms with van der Waals surface area (Å²) in [5.41, 5.74) is 5.25. The van der Waals surface area contributed by atoms with E-state index in [0.29, 0.717) is 0 Å². The van der Waals surface area contributed by atoms with Gasteiger partial charge in [0.1, 0.15) is 0 Å². The second kappa shape index (κ2) is 5.05. The number of nitrogens with zero attached hydrogens (tertiary/aromatic N) is 2. The summed E-state index contributed by atoms with van der Waals surface area (Å²) in [6.07, 6.45) is 7.56. The highest BCUT2D eigenvalue weighted by Gasteiger charge is 2.20. The van der Waals surface area contributed by atoms with E-state index in [1.54, 1.807) is 4.90 Å². The zero-order valence-electron chi connectivity index (χ0n) is 9.51. The molecule has 1 aliphatic heterocycles. The Morgan fingerprint density at radius 1 is 1.25 bits per heavy atom. The SMILES string of the molecule is NC(=O)N1CCC(CCn2cccc2)CC1. The van der Waals surface area contributed by atoms with Crippen LogP contribution in [0.3, 0.4) is 0 Å². The van der Waals surface area contributed by atoms with Crippen LogP contribution in [0.25, 0.3) is 0 Å². The third-order valence-corrected chi connectivity index (χ3v) is 3.39. The van der Waals surface area contributed by atoms with Crippen molar-refractivity contribution in [2.75, 3.05) is 13.1 Å². The van der Waals surface area contributed by atoms with Crippen LogP contribution in [-0.2, 0) is 6.54 Å². The normalized spacial score (nSPS) is 17.6. The van der Waals surface area contributed by atoms with E-state index in [4.69, 9.17) is 5.73 Å². The average Bonchev–Trinajstić information content (AvgIpc) is 2.80. The summed E-state index contributed by atoms with van der Waals surface area (Å²) in [4.78, 5) is 12.7. The standard InChI is InChI=1S/C12H19N3O/c13-12(16)15-9-4-11(5-10-15)3-8-14-6-1-2-7-14/h1-2,6-7,11H,3-5,8-10H2,(H2,13,16). The van der Waals surface area contributed by atoms with Gasteiger partial charge in [0.05, 0.1) is 0 Å². The number of aryl methyl sites for hydroxylation is 1. The molecule has 88 valence electrons. The fraction of sp³-hybridized carbons (Fsp3) is 0.583. The molecule has 0 spiro atoms. The molecule has 0 bridgehead atoms. The van der Waals surface area contributed by atoms with Gasteiger partial charge in [0, 0.05) is 32.0 Å². The highest BCUT2D eigenvalue weighted by molar-refractivity contribution is 5.72. The van der Waals surface area contributed by atoms with E-state index in [1.807, 2.05) is 0 Å². The van der Waals surface area contributed by atoms with Crippen molar-refractivity contribution in [1.29, 1.82) is 0 Å². The number of amides is 2. The number of hydrogen-bond acceptors (Lipinski definition) is 1. The van der Waals surface area contributed by atoms with Gasteiger partial charge in [-0.15, -0.1) is 0 Å². The first-order valence-electron chi connectivity index (χ1n) is 5.91. The molecule has 1 aliphatic rings. The average molecular weight is 221 g/mol. The van der Waals surface area contributed by atoms with Crippen molar-refractivity contribution in [2.24, 2.45) is 11.7 Å². The summed E-state index contributed by atoms with van der Waals surface area (Å²) in [5, 5.41) is 0. The fourth-order valence-electron chi connectivity index (χ4n) is 2.29. The molecule has 2 amide bonds. The van der Waals surface area contributed by atoms with Gasteiger partial charge < -0.3 is 15.2 Å². The number of rotatable bonds is 3. The molecule has 1 aromatic heterocycles. The molecule has 1 saturated heterocycles. The van der Waals surface area contributed by atoms with E-state index in [2.05, 4.69) is 29.1 Å². The van der Waals surface area contributed by atoms with Crippen LogP contribution in [0.1, 0.15) is 19.3 Å². The molecule has 0 unspecified atom stereocenters. The van der Waals surface area contributed by atoms with E-state index in [9.17, 15) is 4.79 Å². The number of aromatic nitrogens is 1. The Morgan fingerprint density at radius 3 is 2.44 bits per heavy atom. The predicted octanol–water partition coefficient (Wildman–Crippen LogP) is 1.67. The maximum atomic E-state index is 10.9. The minimum Gasteiger partial charge on any atom is -0.354 e. The van der Waals surface area contributed by atoms with Gasteiger partial charge in [0.2, 0.25) is 0 Å². The quantitative estimate of drug-likeness (QED) is 0.829. The molecule has 4 nitrogen and oxygen atoms in total. The number of piperidine rings is 1. The predicted molar refractivity (Wildman–Crippen MR) is 62.9 cm³/mol. The van der Waals surface area contributed by atoms with Crippen molar-refractivity contribution in [3.8, 4) is 0 Å². The Bertz CT molecular complexity index is 326. The van der Waals surface area contributed by atoms with Gasteiger partial charge in [0.25, 0.3) is 0 Å². The minimum atomic E-state index is -0.274. The highest BCUT2D eigenvalue weighted by Crippen LogP contribution is 2.20. The second-order valence-corrected chi connectivity index (χ2v) is 4.48. The van der Waals surface area contributed by atoms with Crippen LogP contribution in [0.15, 0.2) is 24.5 Å². The van der Waals surface area contributed by atoms with Crippen molar-refractivity contribution >= 4 is 6.03 Å². The molecule has 2 rings (SSSR count). The zero-order chi connectivity index (χ0) is 11.4. The molecule has 1 aromatic rings. The minimum absolute atomic E-state index is 0.274. The molecule has 1 fully saturated rings.